The third-order valence-corrected chi connectivity index (χ3v) is 1.93. The van der Waals surface area contributed by atoms with E-state index in [1.54, 1.807) is 0 Å². The van der Waals surface area contributed by atoms with Crippen LogP contribution in [0.1, 0.15) is 19.3 Å². The second kappa shape index (κ2) is 3.91. The monoisotopic (exact) mass is 145 g/mol. The molecule has 1 unspecified atom stereocenters. The van der Waals surface area contributed by atoms with Gasteiger partial charge in [0, 0.05) is 19.7 Å². The Balaban J connectivity index is 2.14. The van der Waals surface area contributed by atoms with Gasteiger partial charge in [0.15, 0.2) is 0 Å². The maximum Gasteiger partial charge on any atom is 0.107 e. The fraction of sp³-hybridized carbons (Fsp3) is 1.00. The van der Waals surface area contributed by atoms with Gasteiger partial charge in [-0.2, -0.15) is 0 Å². The van der Waals surface area contributed by atoms with Crippen LogP contribution in [0.15, 0.2) is 0 Å². The van der Waals surface area contributed by atoms with E-state index >= 15 is 0 Å². The van der Waals surface area contributed by atoms with E-state index in [9.17, 15) is 5.11 Å². The smallest absolute Gasteiger partial charge is 0.107 e. The van der Waals surface area contributed by atoms with Crippen LogP contribution in [-0.4, -0.2) is 41.0 Å². The first kappa shape index (κ1) is 7.98. The Labute approximate surface area is 61.3 Å². The van der Waals surface area contributed by atoms with Gasteiger partial charge in [-0.1, -0.05) is 0 Å². The lowest BCUT2D eigenvalue weighted by atomic mass is 10.4. The number of rotatable bonds is 3. The minimum absolute atomic E-state index is 0.225. The fourth-order valence-corrected chi connectivity index (χ4v) is 1.34. The van der Waals surface area contributed by atoms with Crippen LogP contribution in [0.4, 0.5) is 0 Å². The zero-order valence-electron chi connectivity index (χ0n) is 6.16. The molecule has 1 aliphatic heterocycles. The molecule has 0 spiro atoms. The molecule has 3 nitrogen and oxygen atoms in total. The molecule has 0 bridgehead atoms. The van der Waals surface area contributed by atoms with Crippen molar-refractivity contribution in [3.63, 3.8) is 0 Å². The Morgan fingerprint density at radius 2 is 2.30 bits per heavy atom. The largest absolute Gasteiger partial charge is 0.396 e. The number of likely N-dealkylation sites (tertiary alicyclic amines) is 1. The topological polar surface area (TPSA) is 43.7 Å². The van der Waals surface area contributed by atoms with Crippen molar-refractivity contribution in [3.8, 4) is 0 Å². The highest BCUT2D eigenvalue weighted by Gasteiger charge is 2.20. The molecular formula is C7H15NO2. The SMILES string of the molecule is OCCCN1CCCC1O. The Morgan fingerprint density at radius 3 is 2.80 bits per heavy atom. The number of aliphatic hydroxyl groups is 2. The number of aliphatic hydroxyl groups excluding tert-OH is 2. The summed E-state index contributed by atoms with van der Waals surface area (Å²) in [6.07, 6.45) is 2.52. The first-order valence-corrected chi connectivity index (χ1v) is 3.87. The second-order valence-corrected chi connectivity index (χ2v) is 2.74. The van der Waals surface area contributed by atoms with E-state index in [-0.39, 0.29) is 12.8 Å². The van der Waals surface area contributed by atoms with Crippen LogP contribution in [0, 0.1) is 0 Å². The van der Waals surface area contributed by atoms with Gasteiger partial charge in [-0.05, 0) is 19.3 Å². The van der Waals surface area contributed by atoms with Crippen molar-refractivity contribution >= 4 is 0 Å². The zero-order chi connectivity index (χ0) is 7.40. The van der Waals surface area contributed by atoms with Gasteiger partial charge in [0.2, 0.25) is 0 Å². The fourth-order valence-electron chi connectivity index (χ4n) is 1.34. The summed E-state index contributed by atoms with van der Waals surface area (Å²) in [5, 5.41) is 17.8. The molecule has 3 heteroatoms. The Morgan fingerprint density at radius 1 is 1.50 bits per heavy atom. The predicted molar refractivity (Wildman–Crippen MR) is 38.5 cm³/mol. The lowest BCUT2D eigenvalue weighted by Crippen LogP contribution is -2.30. The molecule has 1 atom stereocenters. The quantitative estimate of drug-likeness (QED) is 0.577. The van der Waals surface area contributed by atoms with Gasteiger partial charge in [0.05, 0.1) is 0 Å². The minimum Gasteiger partial charge on any atom is -0.396 e. The van der Waals surface area contributed by atoms with Crippen LogP contribution < -0.4 is 0 Å². The molecule has 10 heavy (non-hydrogen) atoms. The molecule has 0 aromatic carbocycles. The lowest BCUT2D eigenvalue weighted by molar-refractivity contribution is 0.0347. The van der Waals surface area contributed by atoms with E-state index in [4.69, 9.17) is 5.11 Å². The van der Waals surface area contributed by atoms with Crippen molar-refractivity contribution in [3.05, 3.63) is 0 Å². The zero-order valence-corrected chi connectivity index (χ0v) is 6.16. The standard InChI is InChI=1S/C7H15NO2/c9-6-2-5-8-4-1-3-7(8)10/h7,9-10H,1-6H2. The van der Waals surface area contributed by atoms with Crippen LogP contribution in [0.25, 0.3) is 0 Å². The first-order valence-electron chi connectivity index (χ1n) is 3.87. The molecular weight excluding hydrogens is 130 g/mol. The highest BCUT2D eigenvalue weighted by atomic mass is 16.3. The van der Waals surface area contributed by atoms with Crippen LogP contribution >= 0.6 is 0 Å². The van der Waals surface area contributed by atoms with Crippen LogP contribution in [0.5, 0.6) is 0 Å². The maximum atomic E-state index is 9.26. The third-order valence-electron chi connectivity index (χ3n) is 1.93. The normalized spacial score (nSPS) is 27.6. The molecule has 0 amide bonds. The lowest BCUT2D eigenvalue weighted by Gasteiger charge is -2.18. The van der Waals surface area contributed by atoms with Crippen molar-refractivity contribution in [2.24, 2.45) is 0 Å². The highest BCUT2D eigenvalue weighted by molar-refractivity contribution is 4.69. The molecule has 1 rings (SSSR count). The van der Waals surface area contributed by atoms with E-state index in [1.807, 2.05) is 4.90 Å². The van der Waals surface area contributed by atoms with Crippen molar-refractivity contribution in [2.75, 3.05) is 19.7 Å². The van der Waals surface area contributed by atoms with E-state index < -0.39 is 0 Å². The summed E-state index contributed by atoms with van der Waals surface area (Å²) < 4.78 is 0. The third kappa shape index (κ3) is 1.94. The summed E-state index contributed by atoms with van der Waals surface area (Å²) in [4.78, 5) is 2.01. The summed E-state index contributed by atoms with van der Waals surface area (Å²) in [5.41, 5.74) is 0. The number of hydrogen-bond acceptors (Lipinski definition) is 3. The average Bonchev–Trinajstić information content (AvgIpc) is 2.31. The minimum atomic E-state index is -0.244. The van der Waals surface area contributed by atoms with Crippen molar-refractivity contribution < 1.29 is 10.2 Å². The van der Waals surface area contributed by atoms with Gasteiger partial charge in [-0.15, -0.1) is 0 Å². The van der Waals surface area contributed by atoms with Crippen molar-refractivity contribution in [1.82, 2.24) is 4.90 Å². The van der Waals surface area contributed by atoms with Crippen molar-refractivity contribution in [2.45, 2.75) is 25.5 Å². The number of nitrogens with zero attached hydrogens (tertiary/aromatic N) is 1. The Kier molecular flexibility index (Phi) is 3.12. The molecule has 0 aliphatic carbocycles. The van der Waals surface area contributed by atoms with E-state index in [0.717, 1.165) is 32.4 Å². The van der Waals surface area contributed by atoms with E-state index in [0.29, 0.717) is 0 Å². The molecule has 0 aromatic rings. The van der Waals surface area contributed by atoms with Gasteiger partial charge in [0.25, 0.3) is 0 Å². The molecule has 60 valence electrons. The van der Waals surface area contributed by atoms with Gasteiger partial charge < -0.3 is 10.2 Å². The Bertz CT molecular complexity index is 97.6. The van der Waals surface area contributed by atoms with Crippen LogP contribution in [0.2, 0.25) is 0 Å². The predicted octanol–water partition coefficient (Wildman–Crippen LogP) is -0.217. The molecule has 0 saturated carbocycles. The summed E-state index contributed by atoms with van der Waals surface area (Å²) in [5.74, 6) is 0. The van der Waals surface area contributed by atoms with Crippen LogP contribution in [-0.2, 0) is 0 Å². The molecule has 1 aliphatic rings. The molecule has 1 heterocycles. The summed E-state index contributed by atoms with van der Waals surface area (Å²) in [6, 6.07) is 0. The maximum absolute atomic E-state index is 9.26. The van der Waals surface area contributed by atoms with Gasteiger partial charge in [-0.3, -0.25) is 4.90 Å². The van der Waals surface area contributed by atoms with E-state index in [2.05, 4.69) is 0 Å². The molecule has 0 radical (unpaired) electrons. The molecule has 2 N–H and O–H groups in total. The second-order valence-electron chi connectivity index (χ2n) is 2.74. The molecule has 0 aromatic heterocycles. The first-order chi connectivity index (χ1) is 4.84. The van der Waals surface area contributed by atoms with Gasteiger partial charge in [0.1, 0.15) is 6.23 Å². The summed E-state index contributed by atoms with van der Waals surface area (Å²) >= 11 is 0. The summed E-state index contributed by atoms with van der Waals surface area (Å²) in [6.45, 7) is 2.04. The van der Waals surface area contributed by atoms with Gasteiger partial charge >= 0.3 is 0 Å². The van der Waals surface area contributed by atoms with Crippen LogP contribution in [0.3, 0.4) is 0 Å². The molecule has 1 fully saturated rings. The molecule has 1 saturated heterocycles. The highest BCUT2D eigenvalue weighted by Crippen LogP contribution is 2.13. The van der Waals surface area contributed by atoms with Gasteiger partial charge in [-0.25, -0.2) is 0 Å². The van der Waals surface area contributed by atoms with E-state index in [1.165, 1.54) is 0 Å². The Hall–Kier alpha value is -0.120. The summed E-state index contributed by atoms with van der Waals surface area (Å²) in [7, 11) is 0. The number of hydrogen-bond donors (Lipinski definition) is 2. The van der Waals surface area contributed by atoms with Crippen molar-refractivity contribution in [1.29, 1.82) is 0 Å². The average molecular weight is 145 g/mol.